The molecule has 2 aromatic carbocycles. The molecule has 2 heterocycles. The molecule has 0 unspecified atom stereocenters. The van der Waals surface area contributed by atoms with E-state index in [0.717, 1.165) is 34.1 Å². The maximum Gasteiger partial charge on any atom is 0.159 e. The highest BCUT2D eigenvalue weighted by Crippen LogP contribution is 2.23. The Bertz CT molecular complexity index is 1000. The number of methoxy groups -OCH3 is 1. The summed E-state index contributed by atoms with van der Waals surface area (Å²) >= 11 is 0. The molecule has 5 heteroatoms. The number of hydrogen-bond acceptors (Lipinski definition) is 5. The Labute approximate surface area is 178 Å². The van der Waals surface area contributed by atoms with Gasteiger partial charge in [-0.15, -0.1) is 0 Å². The first kappa shape index (κ1) is 22.7. The van der Waals surface area contributed by atoms with Crippen LogP contribution in [0.5, 0.6) is 5.75 Å². The first-order chi connectivity index (χ1) is 14.7. The van der Waals surface area contributed by atoms with E-state index in [1.807, 2.05) is 57.2 Å². The zero-order chi connectivity index (χ0) is 21.8. The fourth-order valence-corrected chi connectivity index (χ4v) is 2.62. The third kappa shape index (κ3) is 6.48. The van der Waals surface area contributed by atoms with Gasteiger partial charge < -0.3 is 4.74 Å². The summed E-state index contributed by atoms with van der Waals surface area (Å²) in [6.07, 6.45) is 6.98. The van der Waals surface area contributed by atoms with Gasteiger partial charge in [-0.3, -0.25) is 0 Å². The first-order valence-corrected chi connectivity index (χ1v) is 9.93. The average molecular weight is 401 g/mol. The van der Waals surface area contributed by atoms with Gasteiger partial charge in [-0.1, -0.05) is 43.7 Å². The quantitative estimate of drug-likeness (QED) is 0.426. The Balaban J connectivity index is 0.000000199. The zero-order valence-corrected chi connectivity index (χ0v) is 18.2. The second-order valence-corrected chi connectivity index (χ2v) is 6.20. The lowest BCUT2D eigenvalue weighted by molar-refractivity contribution is 0.412. The van der Waals surface area contributed by atoms with Crippen LogP contribution in [0.3, 0.4) is 0 Å². The molecule has 0 aliphatic heterocycles. The van der Waals surface area contributed by atoms with Crippen LogP contribution in [-0.4, -0.2) is 27.0 Å². The fraction of sp³-hybridized carbons (Fsp3) is 0.200. The van der Waals surface area contributed by atoms with E-state index in [-0.39, 0.29) is 0 Å². The summed E-state index contributed by atoms with van der Waals surface area (Å²) in [4.78, 5) is 16.7. The molecule has 0 N–H and O–H groups in total. The minimum atomic E-state index is 0.739. The van der Waals surface area contributed by atoms with Crippen LogP contribution in [0.4, 0.5) is 0 Å². The van der Waals surface area contributed by atoms with Gasteiger partial charge in [0.1, 0.15) is 5.75 Å². The Hall–Kier alpha value is -3.60. The van der Waals surface area contributed by atoms with Gasteiger partial charge in [0.25, 0.3) is 0 Å². The van der Waals surface area contributed by atoms with Crippen molar-refractivity contribution in [2.75, 3.05) is 7.11 Å². The molecule has 0 bridgehead atoms. The predicted molar refractivity (Wildman–Crippen MR) is 122 cm³/mol. The molecular formula is C25H28N4O. The van der Waals surface area contributed by atoms with E-state index in [2.05, 4.69) is 39.0 Å². The molecule has 0 atom stereocenters. The number of rotatable bonds is 3. The molecule has 0 radical (unpaired) electrons. The highest BCUT2D eigenvalue weighted by Gasteiger charge is 2.03. The number of benzene rings is 2. The van der Waals surface area contributed by atoms with E-state index in [1.165, 1.54) is 5.56 Å². The van der Waals surface area contributed by atoms with Gasteiger partial charge >= 0.3 is 0 Å². The van der Waals surface area contributed by atoms with Crippen LogP contribution in [-0.2, 0) is 0 Å². The molecule has 0 aliphatic rings. The lowest BCUT2D eigenvalue weighted by Crippen LogP contribution is -1.90. The molecule has 0 spiro atoms. The van der Waals surface area contributed by atoms with Gasteiger partial charge in [-0.2, -0.15) is 0 Å². The zero-order valence-electron chi connectivity index (χ0n) is 18.2. The van der Waals surface area contributed by atoms with Crippen LogP contribution in [0.25, 0.3) is 22.8 Å². The van der Waals surface area contributed by atoms with Crippen molar-refractivity contribution in [2.45, 2.75) is 27.7 Å². The maximum absolute atomic E-state index is 5.20. The van der Waals surface area contributed by atoms with E-state index >= 15 is 0 Å². The molecule has 4 rings (SSSR count). The Morgan fingerprint density at radius 3 is 1.57 bits per heavy atom. The van der Waals surface area contributed by atoms with E-state index in [0.29, 0.717) is 0 Å². The van der Waals surface area contributed by atoms with Crippen molar-refractivity contribution in [3.8, 4) is 28.5 Å². The van der Waals surface area contributed by atoms with Crippen LogP contribution in [0.1, 0.15) is 25.0 Å². The summed E-state index contributed by atoms with van der Waals surface area (Å²) in [5.74, 6) is 2.40. The molecule has 0 aliphatic carbocycles. The minimum Gasteiger partial charge on any atom is -0.496 e. The summed E-state index contributed by atoms with van der Waals surface area (Å²) in [6.45, 7) is 8.07. The second-order valence-electron chi connectivity index (χ2n) is 6.20. The molecule has 4 aromatic rings. The molecular weight excluding hydrogens is 372 g/mol. The third-order valence-electron chi connectivity index (χ3n) is 4.09. The van der Waals surface area contributed by atoms with Crippen molar-refractivity contribution < 1.29 is 4.74 Å². The molecule has 0 fully saturated rings. The van der Waals surface area contributed by atoms with Gasteiger partial charge in [-0.25, -0.2) is 19.9 Å². The second kappa shape index (κ2) is 12.1. The van der Waals surface area contributed by atoms with Crippen molar-refractivity contribution in [1.82, 2.24) is 19.9 Å². The molecule has 0 amide bonds. The molecule has 0 saturated carbocycles. The highest BCUT2D eigenvalue weighted by atomic mass is 16.5. The van der Waals surface area contributed by atoms with Crippen LogP contribution in [0.2, 0.25) is 0 Å². The summed E-state index contributed by atoms with van der Waals surface area (Å²) in [6, 6.07) is 17.7. The molecule has 2 aromatic heterocycles. The van der Waals surface area contributed by atoms with E-state index < -0.39 is 0 Å². The summed E-state index contributed by atoms with van der Waals surface area (Å²) in [5.41, 5.74) is 4.40. The van der Waals surface area contributed by atoms with E-state index in [1.54, 1.807) is 38.0 Å². The normalized spacial score (nSPS) is 9.50. The standard InChI is InChI=1S/C12H12N2O.C11H10N2.C2H6/c1-9-8-10(4-5-11(9)15-2)12-13-6-3-7-14-12;1-9-3-5-10(6-4-9)11-12-7-2-8-13-11;1-2/h3-8H,1-2H3;2-8H,1H3;1-2H3. The number of hydrogen-bond donors (Lipinski definition) is 0. The lowest BCUT2D eigenvalue weighted by atomic mass is 10.1. The van der Waals surface area contributed by atoms with Crippen molar-refractivity contribution in [1.29, 1.82) is 0 Å². The van der Waals surface area contributed by atoms with Crippen molar-refractivity contribution >= 4 is 0 Å². The third-order valence-corrected chi connectivity index (χ3v) is 4.09. The average Bonchev–Trinajstić information content (AvgIpc) is 2.82. The molecule has 154 valence electrons. The largest absolute Gasteiger partial charge is 0.496 e. The van der Waals surface area contributed by atoms with Crippen LogP contribution in [0.15, 0.2) is 79.4 Å². The van der Waals surface area contributed by atoms with E-state index in [9.17, 15) is 0 Å². The van der Waals surface area contributed by atoms with Gasteiger partial charge in [-0.05, 0) is 49.7 Å². The molecule has 30 heavy (non-hydrogen) atoms. The Morgan fingerprint density at radius 1 is 0.633 bits per heavy atom. The maximum atomic E-state index is 5.20. The van der Waals surface area contributed by atoms with Gasteiger partial charge in [0.15, 0.2) is 11.6 Å². The summed E-state index contributed by atoms with van der Waals surface area (Å²) in [5, 5.41) is 0. The van der Waals surface area contributed by atoms with Crippen molar-refractivity contribution in [3.05, 3.63) is 90.5 Å². The van der Waals surface area contributed by atoms with Gasteiger partial charge in [0.2, 0.25) is 0 Å². The Kier molecular flexibility index (Phi) is 9.13. The van der Waals surface area contributed by atoms with Gasteiger partial charge in [0, 0.05) is 35.9 Å². The van der Waals surface area contributed by atoms with Crippen LogP contribution in [0, 0.1) is 13.8 Å². The van der Waals surface area contributed by atoms with Crippen LogP contribution < -0.4 is 4.74 Å². The Morgan fingerprint density at radius 2 is 1.10 bits per heavy atom. The number of aromatic nitrogens is 4. The lowest BCUT2D eigenvalue weighted by Gasteiger charge is -2.06. The van der Waals surface area contributed by atoms with Gasteiger partial charge in [0.05, 0.1) is 7.11 Å². The predicted octanol–water partition coefficient (Wildman–Crippen LogP) is 5.94. The smallest absolute Gasteiger partial charge is 0.159 e. The van der Waals surface area contributed by atoms with Crippen LogP contribution >= 0.6 is 0 Å². The fourth-order valence-electron chi connectivity index (χ4n) is 2.62. The highest BCUT2D eigenvalue weighted by molar-refractivity contribution is 5.58. The van der Waals surface area contributed by atoms with Crippen molar-refractivity contribution in [2.24, 2.45) is 0 Å². The first-order valence-electron chi connectivity index (χ1n) is 9.93. The van der Waals surface area contributed by atoms with Crippen molar-refractivity contribution in [3.63, 3.8) is 0 Å². The summed E-state index contributed by atoms with van der Waals surface area (Å²) in [7, 11) is 1.67. The number of nitrogens with zero attached hydrogens (tertiary/aromatic N) is 4. The van der Waals surface area contributed by atoms with E-state index in [4.69, 9.17) is 4.74 Å². The topological polar surface area (TPSA) is 60.8 Å². The monoisotopic (exact) mass is 400 g/mol. The minimum absolute atomic E-state index is 0.739. The molecule has 5 nitrogen and oxygen atoms in total. The summed E-state index contributed by atoms with van der Waals surface area (Å²) < 4.78 is 5.20. The molecule has 0 saturated heterocycles. The number of aryl methyl sites for hydroxylation is 2. The number of ether oxygens (including phenoxy) is 1. The SMILES string of the molecule is CC.COc1ccc(-c2ncccn2)cc1C.Cc1ccc(-c2ncccn2)cc1.